The molecule has 8 heteroatoms. The zero-order valence-corrected chi connectivity index (χ0v) is 23.7. The Balaban J connectivity index is 1.27. The molecule has 0 radical (unpaired) electrons. The van der Waals surface area contributed by atoms with Crippen molar-refractivity contribution in [2.75, 3.05) is 6.61 Å². The fourth-order valence-electron chi connectivity index (χ4n) is 5.60. The SMILES string of the molecule is O=C(N[C@@H](Cc1cnc[nH]1)C(=O)OCCn1ccnc1)C(Cc1cccc2ccccc12)Cc1cccc2ccccc12. The molecule has 1 amide bonds. The van der Waals surface area contributed by atoms with Crippen molar-refractivity contribution in [3.63, 3.8) is 0 Å². The number of amides is 1. The average molecular weight is 572 g/mol. The lowest BCUT2D eigenvalue weighted by Crippen LogP contribution is -2.46. The van der Waals surface area contributed by atoms with E-state index in [1.54, 1.807) is 25.0 Å². The maximum absolute atomic E-state index is 14.2. The van der Waals surface area contributed by atoms with E-state index >= 15 is 0 Å². The number of nitrogens with zero attached hydrogens (tertiary/aromatic N) is 3. The van der Waals surface area contributed by atoms with Gasteiger partial charge in [-0.3, -0.25) is 4.79 Å². The lowest BCUT2D eigenvalue weighted by atomic mass is 9.87. The zero-order valence-electron chi connectivity index (χ0n) is 23.7. The number of fused-ring (bicyclic) bond motifs is 2. The number of carbonyl (C=O) groups excluding carboxylic acids is 2. The van der Waals surface area contributed by atoms with Crippen LogP contribution < -0.4 is 5.32 Å². The van der Waals surface area contributed by atoms with E-state index in [0.29, 0.717) is 19.4 Å². The second kappa shape index (κ2) is 13.2. The molecule has 43 heavy (non-hydrogen) atoms. The molecule has 0 unspecified atom stereocenters. The van der Waals surface area contributed by atoms with E-state index < -0.39 is 17.9 Å². The number of aromatic amines is 1. The summed E-state index contributed by atoms with van der Waals surface area (Å²) in [5, 5.41) is 7.55. The summed E-state index contributed by atoms with van der Waals surface area (Å²) in [6.07, 6.45) is 9.64. The second-order valence-corrected chi connectivity index (χ2v) is 10.7. The number of hydrogen-bond acceptors (Lipinski definition) is 5. The van der Waals surface area contributed by atoms with Gasteiger partial charge in [-0.15, -0.1) is 0 Å². The van der Waals surface area contributed by atoms with E-state index in [4.69, 9.17) is 4.74 Å². The van der Waals surface area contributed by atoms with Crippen LogP contribution in [-0.4, -0.2) is 44.0 Å². The van der Waals surface area contributed by atoms with Crippen molar-refractivity contribution in [1.82, 2.24) is 24.8 Å². The van der Waals surface area contributed by atoms with Crippen LogP contribution in [0, 0.1) is 5.92 Å². The van der Waals surface area contributed by atoms with Gasteiger partial charge in [-0.05, 0) is 45.5 Å². The number of carbonyl (C=O) groups is 2. The number of hydrogen-bond donors (Lipinski definition) is 2. The number of nitrogens with one attached hydrogen (secondary N) is 2. The van der Waals surface area contributed by atoms with Crippen LogP contribution in [0.25, 0.3) is 21.5 Å². The molecule has 0 bridgehead atoms. The van der Waals surface area contributed by atoms with Crippen molar-refractivity contribution in [2.45, 2.75) is 31.8 Å². The van der Waals surface area contributed by atoms with E-state index in [9.17, 15) is 9.59 Å². The van der Waals surface area contributed by atoms with Gasteiger partial charge in [0.05, 0.1) is 19.2 Å². The van der Waals surface area contributed by atoms with Crippen LogP contribution >= 0.6 is 0 Å². The highest BCUT2D eigenvalue weighted by atomic mass is 16.5. The minimum absolute atomic E-state index is 0.167. The first-order chi connectivity index (χ1) is 21.1. The fraction of sp³-hybridized carbons (Fsp3) is 0.200. The lowest BCUT2D eigenvalue weighted by Gasteiger charge is -2.23. The molecule has 0 aliphatic carbocycles. The van der Waals surface area contributed by atoms with Crippen LogP contribution in [0.3, 0.4) is 0 Å². The predicted molar refractivity (Wildman–Crippen MR) is 166 cm³/mol. The smallest absolute Gasteiger partial charge is 0.329 e. The first-order valence-electron chi connectivity index (χ1n) is 14.5. The highest BCUT2D eigenvalue weighted by Crippen LogP contribution is 2.26. The second-order valence-electron chi connectivity index (χ2n) is 10.7. The third-order valence-corrected chi connectivity index (χ3v) is 7.80. The van der Waals surface area contributed by atoms with Crippen LogP contribution in [-0.2, 0) is 40.1 Å². The summed E-state index contributed by atoms with van der Waals surface area (Å²) in [7, 11) is 0. The van der Waals surface area contributed by atoms with E-state index in [1.165, 1.54) is 0 Å². The molecule has 2 aromatic heterocycles. The van der Waals surface area contributed by atoms with Crippen LogP contribution in [0.5, 0.6) is 0 Å². The van der Waals surface area contributed by atoms with Gasteiger partial charge in [0.25, 0.3) is 0 Å². The van der Waals surface area contributed by atoms with Crippen LogP contribution in [0.2, 0.25) is 0 Å². The molecule has 6 rings (SSSR count). The number of ether oxygens (including phenoxy) is 1. The van der Waals surface area contributed by atoms with Gasteiger partial charge in [-0.2, -0.15) is 0 Å². The summed E-state index contributed by atoms with van der Waals surface area (Å²) >= 11 is 0. The molecule has 0 spiro atoms. The number of esters is 1. The molecule has 6 aromatic rings. The van der Waals surface area contributed by atoms with E-state index in [0.717, 1.165) is 38.4 Å². The van der Waals surface area contributed by atoms with E-state index in [1.807, 2.05) is 47.2 Å². The summed E-state index contributed by atoms with van der Waals surface area (Å²) < 4.78 is 7.46. The van der Waals surface area contributed by atoms with E-state index in [-0.39, 0.29) is 18.9 Å². The van der Waals surface area contributed by atoms with Gasteiger partial charge in [0, 0.05) is 36.6 Å². The van der Waals surface area contributed by atoms with Gasteiger partial charge in [0.2, 0.25) is 5.91 Å². The highest BCUT2D eigenvalue weighted by molar-refractivity contribution is 5.90. The first kappa shape index (κ1) is 27.9. The fourth-order valence-corrected chi connectivity index (χ4v) is 5.60. The molecular weight excluding hydrogens is 538 g/mol. The van der Waals surface area contributed by atoms with Crippen LogP contribution in [0.1, 0.15) is 16.8 Å². The molecule has 0 fully saturated rings. The predicted octanol–water partition coefficient (Wildman–Crippen LogP) is 5.28. The normalized spacial score (nSPS) is 12.0. The molecule has 0 aliphatic heterocycles. The molecule has 2 heterocycles. The monoisotopic (exact) mass is 571 g/mol. The van der Waals surface area contributed by atoms with E-state index in [2.05, 4.69) is 68.8 Å². The summed E-state index contributed by atoms with van der Waals surface area (Å²) in [6.45, 7) is 0.640. The number of rotatable bonds is 12. The van der Waals surface area contributed by atoms with Crippen molar-refractivity contribution in [2.24, 2.45) is 5.92 Å². The Hall–Kier alpha value is -5.24. The Kier molecular flexibility index (Phi) is 8.54. The van der Waals surface area contributed by atoms with Crippen molar-refractivity contribution in [3.8, 4) is 0 Å². The largest absolute Gasteiger partial charge is 0.462 e. The number of benzene rings is 4. The van der Waals surface area contributed by atoms with Crippen molar-refractivity contribution < 1.29 is 14.3 Å². The molecule has 216 valence electrons. The van der Waals surface area contributed by atoms with Gasteiger partial charge >= 0.3 is 5.97 Å². The summed E-state index contributed by atoms with van der Waals surface area (Å²) in [5.41, 5.74) is 2.91. The van der Waals surface area contributed by atoms with Crippen molar-refractivity contribution in [1.29, 1.82) is 0 Å². The van der Waals surface area contributed by atoms with Gasteiger partial charge in [-0.25, -0.2) is 14.8 Å². The van der Waals surface area contributed by atoms with Gasteiger partial charge < -0.3 is 19.6 Å². The van der Waals surface area contributed by atoms with Crippen molar-refractivity contribution in [3.05, 3.63) is 133 Å². The summed E-state index contributed by atoms with van der Waals surface area (Å²) in [5.74, 6) is -1.12. The quantitative estimate of drug-likeness (QED) is 0.195. The maximum Gasteiger partial charge on any atom is 0.329 e. The maximum atomic E-state index is 14.2. The van der Waals surface area contributed by atoms with Gasteiger partial charge in [0.15, 0.2) is 0 Å². The molecule has 2 N–H and O–H groups in total. The number of H-pyrrole nitrogens is 1. The first-order valence-corrected chi connectivity index (χ1v) is 14.5. The van der Waals surface area contributed by atoms with Crippen molar-refractivity contribution >= 4 is 33.4 Å². The Morgan fingerprint density at radius 2 is 1.47 bits per heavy atom. The molecule has 0 saturated carbocycles. The Morgan fingerprint density at radius 1 is 0.814 bits per heavy atom. The Labute approximate surface area is 249 Å². The highest BCUT2D eigenvalue weighted by Gasteiger charge is 2.28. The minimum Gasteiger partial charge on any atom is -0.462 e. The lowest BCUT2D eigenvalue weighted by molar-refractivity contribution is -0.148. The van der Waals surface area contributed by atoms with Gasteiger partial charge in [-0.1, -0.05) is 84.9 Å². The average Bonchev–Trinajstić information content (AvgIpc) is 3.75. The molecule has 1 atom stereocenters. The molecule has 8 nitrogen and oxygen atoms in total. The van der Waals surface area contributed by atoms with Crippen LogP contribution in [0.15, 0.2) is 116 Å². The molecular formula is C35H33N5O3. The Bertz CT molecular complexity index is 1720. The third kappa shape index (κ3) is 6.81. The molecule has 0 saturated heterocycles. The number of aromatic nitrogens is 4. The molecule has 0 aliphatic rings. The van der Waals surface area contributed by atoms with Gasteiger partial charge in [0.1, 0.15) is 12.6 Å². The standard InChI is InChI=1S/C35H33N5O3/c41-34(39-33(21-30-22-37-23-38-30)35(42)43-18-17-40-16-15-36-24-40)29(19-27-11-5-9-25-7-1-3-13-31(25)27)20-28-12-6-10-26-8-2-4-14-32(26)28/h1-16,22-24,29,33H,17-21H2,(H,37,38)(H,39,41)/t33-/m0/s1. The molecule has 4 aromatic carbocycles. The Morgan fingerprint density at radius 3 is 2.07 bits per heavy atom. The number of imidazole rings is 2. The summed E-state index contributed by atoms with van der Waals surface area (Å²) in [6, 6.07) is 27.9. The summed E-state index contributed by atoms with van der Waals surface area (Å²) in [4.78, 5) is 38.6. The topological polar surface area (TPSA) is 102 Å². The third-order valence-electron chi connectivity index (χ3n) is 7.80. The minimum atomic E-state index is -0.877. The zero-order chi connectivity index (χ0) is 29.4. The van der Waals surface area contributed by atoms with Crippen LogP contribution in [0.4, 0.5) is 0 Å².